The van der Waals surface area contributed by atoms with Crippen LogP contribution in [0.3, 0.4) is 0 Å². The summed E-state index contributed by atoms with van der Waals surface area (Å²) in [7, 11) is -0.453. The summed E-state index contributed by atoms with van der Waals surface area (Å²) in [5, 5.41) is 4.66. The van der Waals surface area contributed by atoms with Crippen LogP contribution in [0.5, 0.6) is 0 Å². The highest BCUT2D eigenvalue weighted by atomic mass is 32.2. The van der Waals surface area contributed by atoms with E-state index >= 15 is 0 Å². The van der Waals surface area contributed by atoms with Crippen LogP contribution in [0.1, 0.15) is 18.9 Å². The maximum absolute atomic E-state index is 13.1. The molecule has 1 fully saturated rings. The first kappa shape index (κ1) is 19.3. The number of urea groups is 1. The summed E-state index contributed by atoms with van der Waals surface area (Å²) >= 11 is 0. The highest BCUT2D eigenvalue weighted by Gasteiger charge is 2.49. The standard InChI is InChI=1S/C19H23N3O4S/c1-19(16-11-6-9-14-8-4-5-10-15(14)16)17(23)22(18(24)20-19)12-7-13-27(25,26)21(2)3/h4-6,8-11H,7,12-13H2,1-3H3,(H,20,24)/t19-/m0/s1. The van der Waals surface area contributed by atoms with Crippen molar-refractivity contribution in [2.24, 2.45) is 0 Å². The van der Waals surface area contributed by atoms with Crippen molar-refractivity contribution in [2.45, 2.75) is 18.9 Å². The fourth-order valence-corrected chi connectivity index (χ4v) is 4.19. The van der Waals surface area contributed by atoms with Gasteiger partial charge in [-0.25, -0.2) is 17.5 Å². The maximum Gasteiger partial charge on any atom is 0.325 e. The average Bonchev–Trinajstić information content (AvgIpc) is 2.85. The number of hydrogen-bond donors (Lipinski definition) is 1. The first-order valence-electron chi connectivity index (χ1n) is 8.69. The van der Waals surface area contributed by atoms with E-state index < -0.39 is 21.6 Å². The largest absolute Gasteiger partial charge is 0.325 e. The van der Waals surface area contributed by atoms with Gasteiger partial charge in [0.25, 0.3) is 5.91 Å². The lowest BCUT2D eigenvalue weighted by atomic mass is 9.88. The molecule has 3 amide bonds. The summed E-state index contributed by atoms with van der Waals surface area (Å²) in [5.74, 6) is -0.492. The van der Waals surface area contributed by atoms with Crippen LogP contribution in [-0.4, -0.2) is 56.0 Å². The van der Waals surface area contributed by atoms with E-state index in [0.717, 1.165) is 25.5 Å². The lowest BCUT2D eigenvalue weighted by molar-refractivity contribution is -0.131. The fraction of sp³-hybridized carbons (Fsp3) is 0.368. The molecule has 27 heavy (non-hydrogen) atoms. The average molecular weight is 389 g/mol. The van der Waals surface area contributed by atoms with Gasteiger partial charge in [0.1, 0.15) is 5.54 Å². The molecule has 1 atom stereocenters. The van der Waals surface area contributed by atoms with Gasteiger partial charge in [-0.1, -0.05) is 42.5 Å². The van der Waals surface area contributed by atoms with Gasteiger partial charge in [0.05, 0.1) is 5.75 Å². The molecule has 1 aliphatic rings. The third-order valence-electron chi connectivity index (χ3n) is 4.94. The van der Waals surface area contributed by atoms with Gasteiger partial charge in [-0.3, -0.25) is 9.69 Å². The van der Waals surface area contributed by atoms with Crippen molar-refractivity contribution in [2.75, 3.05) is 26.4 Å². The van der Waals surface area contributed by atoms with Crippen LogP contribution in [0, 0.1) is 0 Å². The molecule has 1 saturated heterocycles. The van der Waals surface area contributed by atoms with Crippen LogP contribution in [0.15, 0.2) is 42.5 Å². The van der Waals surface area contributed by atoms with Gasteiger partial charge in [0, 0.05) is 20.6 Å². The number of nitrogens with one attached hydrogen (secondary N) is 1. The smallest absolute Gasteiger partial charge is 0.319 e. The minimum Gasteiger partial charge on any atom is -0.319 e. The molecule has 1 heterocycles. The fourth-order valence-electron chi connectivity index (χ4n) is 3.33. The van der Waals surface area contributed by atoms with Crippen LogP contribution in [0.2, 0.25) is 0 Å². The normalized spacial score (nSPS) is 20.5. The zero-order chi connectivity index (χ0) is 19.8. The van der Waals surface area contributed by atoms with E-state index in [0.29, 0.717) is 0 Å². The van der Waals surface area contributed by atoms with Gasteiger partial charge in [-0.15, -0.1) is 0 Å². The van der Waals surface area contributed by atoms with Crippen LogP contribution >= 0.6 is 0 Å². The molecule has 2 aromatic rings. The summed E-state index contributed by atoms with van der Waals surface area (Å²) < 4.78 is 24.9. The number of sulfonamides is 1. The Morgan fingerprint density at radius 2 is 1.74 bits per heavy atom. The van der Waals surface area contributed by atoms with E-state index in [2.05, 4.69) is 5.32 Å². The number of imide groups is 1. The van der Waals surface area contributed by atoms with Crippen molar-refractivity contribution in [3.63, 3.8) is 0 Å². The molecule has 0 aliphatic carbocycles. The second-order valence-corrected chi connectivity index (χ2v) is 9.29. The van der Waals surface area contributed by atoms with E-state index in [9.17, 15) is 18.0 Å². The Balaban J connectivity index is 1.84. The Labute approximate surface area is 159 Å². The second kappa shape index (κ2) is 6.94. The van der Waals surface area contributed by atoms with Crippen molar-refractivity contribution in [1.29, 1.82) is 0 Å². The minimum absolute atomic E-state index is 0.0537. The Morgan fingerprint density at radius 3 is 2.44 bits per heavy atom. The Hall–Kier alpha value is -2.45. The second-order valence-electron chi connectivity index (χ2n) is 6.99. The van der Waals surface area contributed by atoms with Gasteiger partial charge in [-0.2, -0.15) is 0 Å². The zero-order valence-electron chi connectivity index (χ0n) is 15.6. The molecule has 144 valence electrons. The van der Waals surface area contributed by atoms with Gasteiger partial charge < -0.3 is 5.32 Å². The summed E-state index contributed by atoms with van der Waals surface area (Å²) in [6.07, 6.45) is 0.186. The molecule has 3 rings (SSSR count). The Morgan fingerprint density at radius 1 is 1.07 bits per heavy atom. The number of carbonyl (C=O) groups excluding carboxylic acids is 2. The number of nitrogens with zero attached hydrogens (tertiary/aromatic N) is 2. The highest BCUT2D eigenvalue weighted by molar-refractivity contribution is 7.89. The third-order valence-corrected chi connectivity index (χ3v) is 6.86. The molecule has 0 saturated carbocycles. The number of fused-ring (bicyclic) bond motifs is 1. The molecule has 8 heteroatoms. The number of carbonyl (C=O) groups is 2. The van der Waals surface area contributed by atoms with Gasteiger partial charge in [0.15, 0.2) is 0 Å². The molecule has 0 radical (unpaired) electrons. The Kier molecular flexibility index (Phi) is 4.96. The van der Waals surface area contributed by atoms with Crippen molar-refractivity contribution in [3.05, 3.63) is 48.0 Å². The summed E-state index contributed by atoms with van der Waals surface area (Å²) in [6, 6.07) is 12.8. The number of rotatable bonds is 6. The zero-order valence-corrected chi connectivity index (χ0v) is 16.4. The molecule has 0 aromatic heterocycles. The van der Waals surface area contributed by atoms with Crippen LogP contribution < -0.4 is 5.32 Å². The predicted octanol–water partition coefficient (Wildman–Crippen LogP) is 1.89. The number of hydrogen-bond acceptors (Lipinski definition) is 4. The topological polar surface area (TPSA) is 86.8 Å². The third kappa shape index (κ3) is 3.42. The maximum atomic E-state index is 13.1. The summed E-state index contributed by atoms with van der Waals surface area (Å²) in [6.45, 7) is 1.74. The van der Waals surface area contributed by atoms with Crippen molar-refractivity contribution in [1.82, 2.24) is 14.5 Å². The van der Waals surface area contributed by atoms with Crippen molar-refractivity contribution >= 4 is 32.7 Å². The first-order valence-corrected chi connectivity index (χ1v) is 10.3. The van der Waals surface area contributed by atoms with Crippen molar-refractivity contribution in [3.8, 4) is 0 Å². The summed E-state index contributed by atoms with van der Waals surface area (Å²) in [4.78, 5) is 26.6. The lowest BCUT2D eigenvalue weighted by Crippen LogP contribution is -2.41. The summed E-state index contributed by atoms with van der Waals surface area (Å²) in [5.41, 5.74) is -0.458. The van der Waals surface area contributed by atoms with Crippen LogP contribution in [-0.2, 0) is 20.4 Å². The molecule has 0 bridgehead atoms. The molecule has 2 aromatic carbocycles. The minimum atomic E-state index is -3.37. The Bertz CT molecular complexity index is 998. The first-order chi connectivity index (χ1) is 12.7. The van der Waals surface area contributed by atoms with Gasteiger partial charge in [0.2, 0.25) is 10.0 Å². The van der Waals surface area contributed by atoms with E-state index in [1.165, 1.54) is 14.1 Å². The van der Waals surface area contributed by atoms with Gasteiger partial charge >= 0.3 is 6.03 Å². The SMILES string of the molecule is CN(C)S(=O)(=O)CCCN1C(=O)N[C@@](C)(c2cccc3ccccc23)C1=O. The van der Waals surface area contributed by atoms with E-state index in [4.69, 9.17) is 0 Å². The number of benzene rings is 2. The monoisotopic (exact) mass is 389 g/mol. The quantitative estimate of drug-likeness (QED) is 0.765. The molecule has 0 spiro atoms. The molecular formula is C19H23N3O4S. The van der Waals surface area contributed by atoms with Crippen LogP contribution in [0.25, 0.3) is 10.8 Å². The van der Waals surface area contributed by atoms with E-state index in [-0.39, 0.29) is 24.6 Å². The number of amides is 3. The molecule has 1 N–H and O–H groups in total. The van der Waals surface area contributed by atoms with Gasteiger partial charge in [-0.05, 0) is 29.7 Å². The van der Waals surface area contributed by atoms with E-state index in [1.54, 1.807) is 6.92 Å². The molecule has 1 aliphatic heterocycles. The van der Waals surface area contributed by atoms with E-state index in [1.807, 2.05) is 42.5 Å². The van der Waals surface area contributed by atoms with Crippen LogP contribution in [0.4, 0.5) is 4.79 Å². The predicted molar refractivity (Wildman–Crippen MR) is 104 cm³/mol. The molecule has 7 nitrogen and oxygen atoms in total. The van der Waals surface area contributed by atoms with Crippen molar-refractivity contribution < 1.29 is 18.0 Å². The molecule has 0 unspecified atom stereocenters. The highest BCUT2D eigenvalue weighted by Crippen LogP contribution is 2.33. The molecular weight excluding hydrogens is 366 g/mol. The lowest BCUT2D eigenvalue weighted by Gasteiger charge is -2.24.